The molecule has 1 aliphatic rings. The van der Waals surface area contributed by atoms with Crippen LogP contribution in [0.4, 0.5) is 8.78 Å². The van der Waals surface area contributed by atoms with Crippen molar-refractivity contribution in [3.8, 4) is 0 Å². The molecule has 2 heterocycles. The molecule has 8 heteroatoms. The molecule has 1 atom stereocenters. The highest BCUT2D eigenvalue weighted by atomic mass is 19.3. The highest BCUT2D eigenvalue weighted by molar-refractivity contribution is 5.22. The van der Waals surface area contributed by atoms with Crippen molar-refractivity contribution in [2.75, 3.05) is 13.1 Å². The van der Waals surface area contributed by atoms with E-state index in [1.165, 1.54) is 0 Å². The Hall–Kier alpha value is -1.93. The van der Waals surface area contributed by atoms with Crippen molar-refractivity contribution in [3.05, 3.63) is 41.2 Å². The fraction of sp³-hybridized carbons (Fsp3) is 0.533. The van der Waals surface area contributed by atoms with Crippen LogP contribution in [-0.2, 0) is 19.6 Å². The average molecular weight is 323 g/mol. The summed E-state index contributed by atoms with van der Waals surface area (Å²) in [5.41, 5.74) is 1.78. The van der Waals surface area contributed by atoms with Gasteiger partial charge in [-0.25, -0.2) is 8.78 Å². The number of likely N-dealkylation sites (tertiary alicyclic amines) is 1. The smallest absolute Gasteiger partial charge is 0.263 e. The third-order valence-corrected chi connectivity index (χ3v) is 4.26. The van der Waals surface area contributed by atoms with Gasteiger partial charge < -0.3 is 5.11 Å². The number of aromatic nitrogens is 4. The summed E-state index contributed by atoms with van der Waals surface area (Å²) in [6, 6.07) is 7.37. The molecule has 23 heavy (non-hydrogen) atoms. The molecule has 2 aromatic rings. The van der Waals surface area contributed by atoms with Crippen LogP contribution in [0.3, 0.4) is 0 Å². The number of tetrazole rings is 1. The van der Waals surface area contributed by atoms with Crippen molar-refractivity contribution in [1.82, 2.24) is 25.5 Å². The topological polar surface area (TPSA) is 77.9 Å². The van der Waals surface area contributed by atoms with Crippen molar-refractivity contribution in [3.63, 3.8) is 0 Å². The number of aliphatic hydroxyl groups excluding tert-OH is 1. The second-order valence-corrected chi connectivity index (χ2v) is 5.96. The summed E-state index contributed by atoms with van der Waals surface area (Å²) in [5.74, 6) is -3.19. The third-order valence-electron chi connectivity index (χ3n) is 4.26. The first-order valence-corrected chi connectivity index (χ1v) is 7.58. The summed E-state index contributed by atoms with van der Waals surface area (Å²) in [6.07, 6.45) is 0.540. The fourth-order valence-electron chi connectivity index (χ4n) is 2.94. The summed E-state index contributed by atoms with van der Waals surface area (Å²) in [4.78, 5) is 1.76. The molecule has 1 aromatic carbocycles. The van der Waals surface area contributed by atoms with Crippen molar-refractivity contribution in [2.24, 2.45) is 5.92 Å². The lowest BCUT2D eigenvalue weighted by Crippen LogP contribution is -2.48. The Bertz CT molecular complexity index is 617. The molecule has 0 spiro atoms. The van der Waals surface area contributed by atoms with E-state index in [1.807, 2.05) is 24.3 Å². The lowest BCUT2D eigenvalue weighted by atomic mass is 9.89. The van der Waals surface area contributed by atoms with Crippen LogP contribution >= 0.6 is 0 Å². The molecule has 0 saturated carbocycles. The van der Waals surface area contributed by atoms with Gasteiger partial charge in [0.25, 0.3) is 5.92 Å². The minimum atomic E-state index is -2.77. The molecule has 3 rings (SSSR count). The van der Waals surface area contributed by atoms with Crippen molar-refractivity contribution in [1.29, 1.82) is 0 Å². The van der Waals surface area contributed by atoms with Crippen molar-refractivity contribution >= 4 is 0 Å². The lowest BCUT2D eigenvalue weighted by Gasteiger charge is -2.38. The molecule has 1 fully saturated rings. The Morgan fingerprint density at radius 3 is 2.61 bits per heavy atom. The number of aliphatic hydroxyl groups is 1. The number of H-pyrrole nitrogens is 1. The maximum Gasteiger partial charge on any atom is 0.263 e. The van der Waals surface area contributed by atoms with Crippen LogP contribution in [0.2, 0.25) is 0 Å². The van der Waals surface area contributed by atoms with Crippen LogP contribution in [0.5, 0.6) is 0 Å². The van der Waals surface area contributed by atoms with Gasteiger partial charge in [-0.15, -0.1) is 10.2 Å². The molecule has 0 radical (unpaired) electrons. The molecular formula is C15H19F2N5O. The predicted molar refractivity (Wildman–Crippen MR) is 78.6 cm³/mol. The number of rotatable bonds is 5. The standard InChI is InChI=1S/C15H19F2N5O/c16-15(17)10-22(8-11-1-3-12(9-23)4-2-11)6-5-13(15)7-14-18-20-21-19-14/h1-4,13,23H,5-10H2,(H,18,19,20,21). The molecule has 0 aliphatic carbocycles. The van der Waals surface area contributed by atoms with E-state index >= 15 is 0 Å². The predicted octanol–water partition coefficient (Wildman–Crippen LogP) is 1.39. The van der Waals surface area contributed by atoms with E-state index in [1.54, 1.807) is 4.90 Å². The van der Waals surface area contributed by atoms with Crippen LogP contribution in [0.25, 0.3) is 0 Å². The van der Waals surface area contributed by atoms with E-state index in [2.05, 4.69) is 20.6 Å². The number of piperidine rings is 1. The van der Waals surface area contributed by atoms with Gasteiger partial charge in [0.1, 0.15) is 0 Å². The van der Waals surface area contributed by atoms with E-state index in [4.69, 9.17) is 5.11 Å². The molecule has 0 bridgehead atoms. The summed E-state index contributed by atoms with van der Waals surface area (Å²) < 4.78 is 28.7. The van der Waals surface area contributed by atoms with Crippen molar-refractivity contribution < 1.29 is 13.9 Å². The van der Waals surface area contributed by atoms with Crippen molar-refractivity contribution in [2.45, 2.75) is 31.9 Å². The largest absolute Gasteiger partial charge is 0.392 e. The second kappa shape index (κ2) is 6.67. The zero-order valence-corrected chi connectivity index (χ0v) is 12.6. The van der Waals surface area contributed by atoms with Gasteiger partial charge in [-0.3, -0.25) is 4.90 Å². The minimum absolute atomic E-state index is 0.0141. The van der Waals surface area contributed by atoms with Gasteiger partial charge in [0.2, 0.25) is 0 Å². The summed E-state index contributed by atoms with van der Waals surface area (Å²) in [7, 11) is 0. The molecule has 0 amide bonds. The van der Waals surface area contributed by atoms with Crippen LogP contribution in [0.1, 0.15) is 23.4 Å². The zero-order valence-electron chi connectivity index (χ0n) is 12.6. The summed E-state index contributed by atoms with van der Waals surface area (Å²) >= 11 is 0. The Morgan fingerprint density at radius 1 is 1.26 bits per heavy atom. The van der Waals surface area contributed by atoms with E-state index < -0.39 is 11.8 Å². The Labute approximate surface area is 132 Å². The quantitative estimate of drug-likeness (QED) is 0.869. The monoisotopic (exact) mass is 323 g/mol. The normalized spacial score (nSPS) is 21.4. The fourth-order valence-corrected chi connectivity index (χ4v) is 2.94. The highest BCUT2D eigenvalue weighted by Gasteiger charge is 2.44. The molecule has 6 nitrogen and oxygen atoms in total. The van der Waals surface area contributed by atoms with Crippen LogP contribution in [-0.4, -0.2) is 49.6 Å². The Kier molecular flexibility index (Phi) is 4.63. The van der Waals surface area contributed by atoms with E-state index in [9.17, 15) is 8.78 Å². The van der Waals surface area contributed by atoms with Gasteiger partial charge in [0.15, 0.2) is 5.82 Å². The van der Waals surface area contributed by atoms with E-state index in [-0.39, 0.29) is 19.6 Å². The van der Waals surface area contributed by atoms with Crippen LogP contribution in [0, 0.1) is 5.92 Å². The Balaban J connectivity index is 1.59. The number of hydrogen-bond acceptors (Lipinski definition) is 5. The van der Waals surface area contributed by atoms with Gasteiger partial charge >= 0.3 is 0 Å². The third kappa shape index (κ3) is 3.89. The Morgan fingerprint density at radius 2 is 2.00 bits per heavy atom. The van der Waals surface area contributed by atoms with Gasteiger partial charge in [-0.1, -0.05) is 29.5 Å². The van der Waals surface area contributed by atoms with Gasteiger partial charge in [0.05, 0.1) is 13.2 Å². The van der Waals surface area contributed by atoms with Gasteiger partial charge in [-0.2, -0.15) is 5.21 Å². The molecule has 1 saturated heterocycles. The van der Waals surface area contributed by atoms with Crippen LogP contribution < -0.4 is 0 Å². The lowest BCUT2D eigenvalue weighted by molar-refractivity contribution is -0.113. The molecule has 2 N–H and O–H groups in total. The maximum atomic E-state index is 14.4. The molecule has 124 valence electrons. The summed E-state index contributed by atoms with van der Waals surface area (Å²) in [6.45, 7) is 0.813. The number of aromatic amines is 1. The van der Waals surface area contributed by atoms with Gasteiger partial charge in [-0.05, 0) is 24.1 Å². The number of nitrogens with zero attached hydrogens (tertiary/aromatic N) is 4. The minimum Gasteiger partial charge on any atom is -0.392 e. The first kappa shape index (κ1) is 15.9. The van der Waals surface area contributed by atoms with Crippen LogP contribution in [0.15, 0.2) is 24.3 Å². The number of alkyl halides is 2. The first-order valence-electron chi connectivity index (χ1n) is 7.58. The number of nitrogens with one attached hydrogen (secondary N) is 1. The number of benzene rings is 1. The molecule has 1 aromatic heterocycles. The maximum absolute atomic E-state index is 14.4. The zero-order chi connectivity index (χ0) is 16.3. The van der Waals surface area contributed by atoms with E-state index in [0.717, 1.165) is 11.1 Å². The SMILES string of the molecule is OCc1ccc(CN2CCC(Cc3nn[nH]n3)C(F)(F)C2)cc1. The second-order valence-electron chi connectivity index (χ2n) is 5.96. The van der Waals surface area contributed by atoms with E-state index in [0.29, 0.717) is 25.3 Å². The first-order chi connectivity index (χ1) is 11.1. The summed E-state index contributed by atoms with van der Waals surface area (Å²) in [5, 5.41) is 22.3. The molecular weight excluding hydrogens is 304 g/mol. The molecule has 1 aliphatic heterocycles. The van der Waals surface area contributed by atoms with Gasteiger partial charge in [0, 0.05) is 18.9 Å². The highest BCUT2D eigenvalue weighted by Crippen LogP contribution is 2.35. The molecule has 1 unspecified atom stereocenters. The average Bonchev–Trinajstić information content (AvgIpc) is 3.03. The number of hydrogen-bond donors (Lipinski definition) is 2. The number of halogens is 2.